The van der Waals surface area contributed by atoms with E-state index < -0.39 is 0 Å². The fourth-order valence-electron chi connectivity index (χ4n) is 1.79. The van der Waals surface area contributed by atoms with Crippen LogP contribution in [0.3, 0.4) is 0 Å². The molecule has 2 N–H and O–H groups in total. The second-order valence-electron chi connectivity index (χ2n) is 4.05. The third-order valence-electron chi connectivity index (χ3n) is 2.71. The van der Waals surface area contributed by atoms with E-state index in [1.54, 1.807) is 0 Å². The highest BCUT2D eigenvalue weighted by atomic mass is 32.2. The molecular formula is C13H7NO4S2. The SMILES string of the molecule is O=C1NC(=S)S/C1=C/c1coc2cc(O)ccc2c1=O. The summed E-state index contributed by atoms with van der Waals surface area (Å²) in [5, 5.41) is 12.1. The molecule has 20 heavy (non-hydrogen) atoms. The zero-order valence-corrected chi connectivity index (χ0v) is 11.5. The van der Waals surface area contributed by atoms with Crippen molar-refractivity contribution in [1.82, 2.24) is 5.32 Å². The van der Waals surface area contributed by atoms with Crippen molar-refractivity contribution in [2.45, 2.75) is 0 Å². The van der Waals surface area contributed by atoms with Gasteiger partial charge in [0.1, 0.15) is 21.9 Å². The predicted octanol–water partition coefficient (Wildman–Crippen LogP) is 1.99. The molecule has 0 atom stereocenters. The average molecular weight is 305 g/mol. The number of aromatic hydroxyl groups is 1. The van der Waals surface area contributed by atoms with Crippen molar-refractivity contribution in [2.75, 3.05) is 0 Å². The molecule has 1 amide bonds. The van der Waals surface area contributed by atoms with Gasteiger partial charge in [-0.1, -0.05) is 24.0 Å². The van der Waals surface area contributed by atoms with Gasteiger partial charge in [0.25, 0.3) is 5.91 Å². The van der Waals surface area contributed by atoms with Gasteiger partial charge >= 0.3 is 0 Å². The van der Waals surface area contributed by atoms with Gasteiger partial charge in [-0.15, -0.1) is 0 Å². The Kier molecular flexibility index (Phi) is 3.07. The second kappa shape index (κ2) is 4.77. The smallest absolute Gasteiger partial charge is 0.263 e. The Balaban J connectivity index is 2.14. The summed E-state index contributed by atoms with van der Waals surface area (Å²) in [4.78, 5) is 24.2. The normalized spacial score (nSPS) is 16.9. The van der Waals surface area contributed by atoms with Gasteiger partial charge in [-0.2, -0.15) is 0 Å². The number of hydrogen-bond donors (Lipinski definition) is 2. The molecule has 0 radical (unpaired) electrons. The van der Waals surface area contributed by atoms with Crippen LogP contribution in [0.15, 0.2) is 38.6 Å². The lowest BCUT2D eigenvalue weighted by atomic mass is 10.1. The molecular weight excluding hydrogens is 298 g/mol. The minimum Gasteiger partial charge on any atom is -0.508 e. The van der Waals surface area contributed by atoms with Gasteiger partial charge in [-0.25, -0.2) is 0 Å². The molecule has 3 rings (SSSR count). The first-order valence-electron chi connectivity index (χ1n) is 5.54. The number of phenols is 1. The standard InChI is InChI=1S/C13H7NO4S2/c15-7-1-2-8-9(4-7)18-5-6(11(8)16)3-10-12(17)14-13(19)20-10/h1-5,15H,(H,14,17,19)/b10-3+. The van der Waals surface area contributed by atoms with E-state index in [-0.39, 0.29) is 28.2 Å². The van der Waals surface area contributed by atoms with Crippen LogP contribution in [0.2, 0.25) is 0 Å². The molecule has 1 aliphatic rings. The van der Waals surface area contributed by atoms with Crippen molar-refractivity contribution in [1.29, 1.82) is 0 Å². The Morgan fingerprint density at radius 1 is 1.35 bits per heavy atom. The van der Waals surface area contributed by atoms with Crippen molar-refractivity contribution >= 4 is 51.3 Å². The lowest BCUT2D eigenvalue weighted by molar-refractivity contribution is -0.115. The van der Waals surface area contributed by atoms with Crippen LogP contribution in [0.25, 0.3) is 17.0 Å². The van der Waals surface area contributed by atoms with Gasteiger partial charge in [-0.3, -0.25) is 9.59 Å². The first-order valence-corrected chi connectivity index (χ1v) is 6.76. The van der Waals surface area contributed by atoms with E-state index in [2.05, 4.69) is 5.32 Å². The largest absolute Gasteiger partial charge is 0.508 e. The fraction of sp³-hybridized carbons (Fsp3) is 0. The molecule has 1 aromatic heterocycles. The first-order chi connectivity index (χ1) is 9.54. The third-order valence-corrected chi connectivity index (χ3v) is 3.88. The number of thioether (sulfide) groups is 1. The minimum atomic E-state index is -0.329. The molecule has 1 saturated heterocycles. The van der Waals surface area contributed by atoms with Crippen molar-refractivity contribution < 1.29 is 14.3 Å². The number of fused-ring (bicyclic) bond motifs is 1. The number of carbonyl (C=O) groups excluding carboxylic acids is 1. The molecule has 1 aliphatic heterocycles. The van der Waals surface area contributed by atoms with E-state index in [9.17, 15) is 14.7 Å². The second-order valence-corrected chi connectivity index (χ2v) is 5.77. The highest BCUT2D eigenvalue weighted by molar-refractivity contribution is 8.26. The molecule has 0 saturated carbocycles. The van der Waals surface area contributed by atoms with Crippen LogP contribution in [-0.4, -0.2) is 15.3 Å². The summed E-state index contributed by atoms with van der Waals surface area (Å²) < 4.78 is 5.66. The van der Waals surface area contributed by atoms with Gasteiger partial charge in [0, 0.05) is 6.07 Å². The van der Waals surface area contributed by atoms with E-state index in [4.69, 9.17) is 16.6 Å². The van der Waals surface area contributed by atoms with Gasteiger partial charge in [0.05, 0.1) is 15.9 Å². The molecule has 100 valence electrons. The average Bonchev–Trinajstić information content (AvgIpc) is 2.71. The van der Waals surface area contributed by atoms with Crippen LogP contribution >= 0.6 is 24.0 Å². The summed E-state index contributed by atoms with van der Waals surface area (Å²) in [6.45, 7) is 0. The maximum absolute atomic E-state index is 12.3. The predicted molar refractivity (Wildman–Crippen MR) is 80.5 cm³/mol. The molecule has 7 heteroatoms. The highest BCUT2D eigenvalue weighted by Crippen LogP contribution is 2.26. The Morgan fingerprint density at radius 2 is 2.15 bits per heavy atom. The van der Waals surface area contributed by atoms with Crippen molar-refractivity contribution in [3.63, 3.8) is 0 Å². The lowest BCUT2D eigenvalue weighted by Gasteiger charge is -1.99. The molecule has 0 unspecified atom stereocenters. The zero-order chi connectivity index (χ0) is 14.3. The third kappa shape index (κ3) is 2.21. The summed E-state index contributed by atoms with van der Waals surface area (Å²) in [5.74, 6) is -0.312. The first kappa shape index (κ1) is 12.9. The van der Waals surface area contributed by atoms with Crippen molar-refractivity contribution in [3.05, 3.63) is 45.2 Å². The Hall–Kier alpha value is -2.12. The Labute approximate surface area is 122 Å². The number of rotatable bonds is 1. The van der Waals surface area contributed by atoms with Crippen molar-refractivity contribution in [2.24, 2.45) is 0 Å². The van der Waals surface area contributed by atoms with Crippen LogP contribution in [0.5, 0.6) is 5.75 Å². The summed E-state index contributed by atoms with van der Waals surface area (Å²) in [6, 6.07) is 4.24. The molecule has 1 fully saturated rings. The molecule has 0 spiro atoms. The summed E-state index contributed by atoms with van der Waals surface area (Å²) in [6.07, 6.45) is 2.70. The molecule has 0 bridgehead atoms. The zero-order valence-electron chi connectivity index (χ0n) is 9.88. The van der Waals surface area contributed by atoms with Gasteiger partial charge < -0.3 is 14.8 Å². The number of carbonyl (C=O) groups is 1. The maximum Gasteiger partial charge on any atom is 0.263 e. The summed E-state index contributed by atoms with van der Waals surface area (Å²) in [7, 11) is 0. The number of amides is 1. The van der Waals surface area contributed by atoms with Gasteiger partial charge in [0.15, 0.2) is 5.43 Å². The van der Waals surface area contributed by atoms with Gasteiger partial charge in [-0.05, 0) is 18.2 Å². The maximum atomic E-state index is 12.3. The van der Waals surface area contributed by atoms with E-state index in [0.717, 1.165) is 11.8 Å². The molecule has 2 aromatic rings. The summed E-state index contributed by atoms with van der Waals surface area (Å²) >= 11 is 5.97. The van der Waals surface area contributed by atoms with Crippen LogP contribution in [-0.2, 0) is 4.79 Å². The topological polar surface area (TPSA) is 79.5 Å². The molecule has 0 aliphatic carbocycles. The van der Waals surface area contributed by atoms with Crippen LogP contribution in [0.4, 0.5) is 0 Å². The monoisotopic (exact) mass is 305 g/mol. The number of thiocarbonyl (C=S) groups is 1. The highest BCUT2D eigenvalue weighted by Gasteiger charge is 2.22. The quantitative estimate of drug-likeness (QED) is 0.619. The Morgan fingerprint density at radius 3 is 2.85 bits per heavy atom. The van der Waals surface area contributed by atoms with E-state index >= 15 is 0 Å². The van der Waals surface area contributed by atoms with Crippen molar-refractivity contribution in [3.8, 4) is 5.75 Å². The number of nitrogens with one attached hydrogen (secondary N) is 1. The number of benzene rings is 1. The van der Waals surface area contributed by atoms with E-state index in [0.29, 0.717) is 14.6 Å². The number of phenolic OH excluding ortho intramolecular Hbond substituents is 1. The van der Waals surface area contributed by atoms with Crippen LogP contribution in [0.1, 0.15) is 5.56 Å². The van der Waals surface area contributed by atoms with E-state index in [1.165, 1.54) is 30.5 Å². The van der Waals surface area contributed by atoms with Crippen LogP contribution in [0, 0.1) is 0 Å². The number of hydrogen-bond acceptors (Lipinski definition) is 6. The molecule has 2 heterocycles. The lowest BCUT2D eigenvalue weighted by Crippen LogP contribution is -2.17. The van der Waals surface area contributed by atoms with Gasteiger partial charge in [0.2, 0.25) is 0 Å². The minimum absolute atomic E-state index is 0.0165. The van der Waals surface area contributed by atoms with E-state index in [1.807, 2.05) is 0 Å². The fourth-order valence-corrected chi connectivity index (χ4v) is 2.83. The molecule has 5 nitrogen and oxygen atoms in total. The van der Waals surface area contributed by atoms with Crippen LogP contribution < -0.4 is 10.7 Å². The molecule has 1 aromatic carbocycles. The Bertz CT molecular complexity index is 838. The summed E-state index contributed by atoms with van der Waals surface area (Å²) in [5.41, 5.74) is 0.270.